The molecule has 0 saturated heterocycles. The fourth-order valence-electron chi connectivity index (χ4n) is 3.35. The van der Waals surface area contributed by atoms with E-state index < -0.39 is 96.3 Å². The molecule has 67 heavy (non-hydrogen) atoms. The molecule has 0 spiro atoms. The number of carboxylic acids is 2. The summed E-state index contributed by atoms with van der Waals surface area (Å²) in [6, 6.07) is -3.78. The van der Waals surface area contributed by atoms with Gasteiger partial charge < -0.3 is 71.5 Å². The van der Waals surface area contributed by atoms with E-state index in [1.165, 1.54) is 0 Å². The quantitative estimate of drug-likeness (QED) is 0.0663. The van der Waals surface area contributed by atoms with E-state index in [0.29, 0.717) is 6.42 Å². The van der Waals surface area contributed by atoms with Gasteiger partial charge in [0.2, 0.25) is 0 Å². The first kappa shape index (κ1) is 76.4. The Balaban J connectivity index is -0.000000138. The Morgan fingerprint density at radius 2 is 0.806 bits per heavy atom. The van der Waals surface area contributed by atoms with Crippen LogP contribution in [-0.2, 0) is 57.2 Å². The number of nitrogens with two attached hydrogens (primary N) is 2. The minimum absolute atomic E-state index is 0. The smallest absolute Gasteiger partial charge is 0.408 e. The van der Waals surface area contributed by atoms with Gasteiger partial charge in [0, 0.05) is 32.1 Å². The maximum absolute atomic E-state index is 11.7. The minimum atomic E-state index is -1.33. The van der Waals surface area contributed by atoms with E-state index in [4.69, 9.17) is 50.8 Å². The highest BCUT2D eigenvalue weighted by atomic mass is 35.5. The predicted molar refractivity (Wildman–Crippen MR) is 249 cm³/mol. The van der Waals surface area contributed by atoms with E-state index in [1.54, 1.807) is 96.9 Å². The van der Waals surface area contributed by atoms with Gasteiger partial charge in [-0.15, -0.1) is 24.8 Å². The lowest BCUT2D eigenvalue weighted by molar-refractivity contribution is -0.145. The van der Waals surface area contributed by atoms with Crippen molar-refractivity contribution in [3.8, 4) is 0 Å². The summed E-state index contributed by atoms with van der Waals surface area (Å²) in [5.41, 5.74) is 8.38. The van der Waals surface area contributed by atoms with Crippen molar-refractivity contribution in [1.82, 2.24) is 16.0 Å². The maximum atomic E-state index is 11.7. The number of carboxylic acid groups (broad SMARTS) is 2. The van der Waals surface area contributed by atoms with E-state index in [2.05, 4.69) is 15.4 Å². The SMILES string of the molecule is CC(C)(C)OC(=O)N[C@@H](CO)C(=O)O.CCC(=O)O.CCC(=O)OC[C@H](NC(=O)OC(C)(C)C)C(=O)CC.CCC(=O)[C@@H](N)COC(=O)CN.CCC(=O)[C@H](CO)NC(=O)OC(C)(C)C.Cl.Cl. The highest BCUT2D eigenvalue weighted by molar-refractivity contribution is 5.88. The van der Waals surface area contributed by atoms with Gasteiger partial charge in [0.25, 0.3) is 0 Å². The highest BCUT2D eigenvalue weighted by Gasteiger charge is 2.26. The van der Waals surface area contributed by atoms with Crippen LogP contribution in [0, 0.1) is 0 Å². The number of halogens is 2. The van der Waals surface area contributed by atoms with Gasteiger partial charge in [-0.25, -0.2) is 19.2 Å². The van der Waals surface area contributed by atoms with E-state index in [0.717, 1.165) is 0 Å². The van der Waals surface area contributed by atoms with E-state index in [9.17, 15) is 47.9 Å². The number of carbonyl (C=O) groups excluding carboxylic acids is 8. The van der Waals surface area contributed by atoms with Gasteiger partial charge in [0.05, 0.1) is 25.8 Å². The summed E-state index contributed by atoms with van der Waals surface area (Å²) in [6.07, 6.45) is -0.958. The number of nitrogens with one attached hydrogen (secondary N) is 3. The summed E-state index contributed by atoms with van der Waals surface area (Å²) in [5, 5.41) is 40.4. The van der Waals surface area contributed by atoms with Crippen LogP contribution < -0.4 is 27.4 Å². The summed E-state index contributed by atoms with van der Waals surface area (Å²) in [4.78, 5) is 109. The van der Waals surface area contributed by atoms with Gasteiger partial charge in [-0.1, -0.05) is 34.6 Å². The highest BCUT2D eigenvalue weighted by Crippen LogP contribution is 2.09. The maximum Gasteiger partial charge on any atom is 0.408 e. The van der Waals surface area contributed by atoms with Crippen molar-refractivity contribution in [2.24, 2.45) is 11.5 Å². The molecule has 24 nitrogen and oxygen atoms in total. The number of ether oxygens (including phenoxy) is 5. The molecule has 11 N–H and O–H groups in total. The summed E-state index contributed by atoms with van der Waals surface area (Å²) in [5.74, 6) is -3.57. The van der Waals surface area contributed by atoms with E-state index in [-0.39, 0.29) is 87.6 Å². The zero-order valence-corrected chi connectivity index (χ0v) is 42.9. The Hall–Kier alpha value is -4.88. The molecule has 0 aromatic rings. The fourth-order valence-corrected chi connectivity index (χ4v) is 3.35. The van der Waals surface area contributed by atoms with Crippen molar-refractivity contribution >= 4 is 84.3 Å². The number of Topliss-reactive ketones (excluding diaryl/α,β-unsaturated/α-hetero) is 3. The molecule has 0 aromatic heterocycles. The van der Waals surface area contributed by atoms with Gasteiger partial charge >= 0.3 is 42.2 Å². The summed E-state index contributed by atoms with van der Waals surface area (Å²) >= 11 is 0. The minimum Gasteiger partial charge on any atom is -0.481 e. The van der Waals surface area contributed by atoms with Crippen LogP contribution >= 0.6 is 24.8 Å². The number of carbonyl (C=O) groups is 10. The van der Waals surface area contributed by atoms with E-state index in [1.807, 2.05) is 5.32 Å². The Bertz CT molecular complexity index is 1480. The molecule has 4 atom stereocenters. The monoisotopic (exact) mass is 1020 g/mol. The number of rotatable bonds is 19. The van der Waals surface area contributed by atoms with Crippen LogP contribution in [0.3, 0.4) is 0 Å². The van der Waals surface area contributed by atoms with Gasteiger partial charge in [0.15, 0.2) is 23.4 Å². The van der Waals surface area contributed by atoms with Crippen LogP contribution in [0.25, 0.3) is 0 Å². The van der Waals surface area contributed by atoms with Crippen LogP contribution in [0.15, 0.2) is 0 Å². The van der Waals surface area contributed by atoms with Crippen molar-refractivity contribution in [2.45, 2.75) is 170 Å². The lowest BCUT2D eigenvalue weighted by Gasteiger charge is -2.22. The molecule has 26 heteroatoms. The molecule has 396 valence electrons. The van der Waals surface area contributed by atoms with Crippen LogP contribution in [0.5, 0.6) is 0 Å². The van der Waals surface area contributed by atoms with Gasteiger partial charge in [-0.2, -0.15) is 0 Å². The largest absolute Gasteiger partial charge is 0.481 e. The molecule has 0 unspecified atom stereocenters. The normalized spacial score (nSPS) is 12.0. The zero-order valence-electron chi connectivity index (χ0n) is 41.3. The second-order valence-electron chi connectivity index (χ2n) is 16.0. The molecule has 0 bridgehead atoms. The molecule has 3 amide bonds. The zero-order chi connectivity index (χ0) is 52.3. The Kier molecular flexibility index (Phi) is 47.1. The van der Waals surface area contributed by atoms with Crippen molar-refractivity contribution in [3.63, 3.8) is 0 Å². The number of amides is 3. The average Bonchev–Trinajstić information content (AvgIpc) is 3.19. The second-order valence-corrected chi connectivity index (χ2v) is 16.0. The molecular formula is C41H79Cl2N5O19. The van der Waals surface area contributed by atoms with Crippen LogP contribution in [0.1, 0.15) is 129 Å². The number of alkyl carbamates (subject to hydrolysis) is 3. The third-order valence-corrected chi connectivity index (χ3v) is 6.57. The molecule has 0 saturated carbocycles. The third-order valence-electron chi connectivity index (χ3n) is 6.57. The Labute approximate surface area is 405 Å². The van der Waals surface area contributed by atoms with Crippen molar-refractivity contribution in [2.75, 3.05) is 33.0 Å². The Morgan fingerprint density at radius 1 is 0.493 bits per heavy atom. The third kappa shape index (κ3) is 52.0. The number of hydrogen-bond acceptors (Lipinski definition) is 19. The molecule has 0 aromatic carbocycles. The van der Waals surface area contributed by atoms with Crippen LogP contribution in [-0.4, -0.2) is 154 Å². The molecule has 0 aliphatic carbocycles. The van der Waals surface area contributed by atoms with Gasteiger partial charge in [-0.05, 0) is 62.3 Å². The van der Waals surface area contributed by atoms with Crippen LogP contribution in [0.4, 0.5) is 14.4 Å². The first-order valence-electron chi connectivity index (χ1n) is 20.6. The Morgan fingerprint density at radius 3 is 1.07 bits per heavy atom. The fraction of sp³-hybridized carbons (Fsp3) is 0.756. The number of aliphatic hydroxyl groups is 2. The van der Waals surface area contributed by atoms with Crippen molar-refractivity contribution < 1.29 is 92.1 Å². The second kappa shape index (κ2) is 41.3. The number of ketones is 3. The van der Waals surface area contributed by atoms with Crippen molar-refractivity contribution in [1.29, 1.82) is 0 Å². The summed E-state index contributed by atoms with van der Waals surface area (Å²) in [7, 11) is 0. The topological polar surface area (TPSA) is 386 Å². The first-order valence-corrected chi connectivity index (χ1v) is 20.6. The van der Waals surface area contributed by atoms with E-state index >= 15 is 0 Å². The van der Waals surface area contributed by atoms with Crippen LogP contribution in [0.2, 0.25) is 0 Å². The molecule has 0 aliphatic rings. The lowest BCUT2D eigenvalue weighted by Crippen LogP contribution is -2.46. The molecule has 0 aliphatic heterocycles. The number of aliphatic hydroxyl groups excluding tert-OH is 2. The molecule has 0 heterocycles. The first-order chi connectivity index (χ1) is 29.6. The lowest BCUT2D eigenvalue weighted by atomic mass is 10.1. The number of hydrogen-bond donors (Lipinski definition) is 9. The molecule has 0 fully saturated rings. The van der Waals surface area contributed by atoms with Gasteiger partial charge in [-0.3, -0.25) is 28.8 Å². The molecule has 0 rings (SSSR count). The molecule has 0 radical (unpaired) electrons. The molecular weight excluding hydrogens is 937 g/mol. The van der Waals surface area contributed by atoms with Gasteiger partial charge in [0.1, 0.15) is 42.1 Å². The number of esters is 2. The summed E-state index contributed by atoms with van der Waals surface area (Å²) in [6.45, 7) is 22.1. The summed E-state index contributed by atoms with van der Waals surface area (Å²) < 4.78 is 24.2. The standard InChI is InChI=1S/C13H23NO5.C10H19NO4.C8H15NO5.C7H14N2O3.C3H6O2.2ClH/c1-6-10(15)9(8-18-11(16)7-2)14-12(17)19-13(3,4)5;1-5-8(13)7(6-12)11-9(14)15-10(2,3)4;1-8(2,3)14-7(13)9-5(4-10)6(11)12;1-2-6(10)5(9)4-12-7(11)3-8;1-2-3(4)5;;/h9H,6-8H2,1-5H3,(H,14,17);7,12H,5-6H2,1-4H3,(H,11,14);5,10H,4H2,1-3H3,(H,9,13)(H,11,12);5H,2-4,8-9H2,1H3;2H2,1H3,(H,4,5);2*1H/t9-;7-;2*5-;;;/m0000.../s1. The average molecular weight is 1020 g/mol. The number of aliphatic carboxylic acids is 2. The van der Waals surface area contributed by atoms with Crippen molar-refractivity contribution in [3.05, 3.63) is 0 Å². The predicted octanol–water partition coefficient (Wildman–Crippen LogP) is 2.74.